The molecule has 0 saturated heterocycles. The van der Waals surface area contributed by atoms with Gasteiger partial charge in [-0.15, -0.1) is 0 Å². The molecular formula is C17H32N4. The minimum absolute atomic E-state index is 0.245. The van der Waals surface area contributed by atoms with Gasteiger partial charge in [0, 0.05) is 23.8 Å². The van der Waals surface area contributed by atoms with Gasteiger partial charge >= 0.3 is 0 Å². The van der Waals surface area contributed by atoms with Gasteiger partial charge in [-0.25, -0.2) is 0 Å². The van der Waals surface area contributed by atoms with Crippen LogP contribution in [-0.2, 0) is 6.54 Å². The highest BCUT2D eigenvalue weighted by atomic mass is 15.3. The SMILES string of the molecule is CCCNC(c1cnn(CCC)c1)C1(N(C)C)CCCC1. The highest BCUT2D eigenvalue weighted by Gasteiger charge is 2.44. The fraction of sp³-hybridized carbons (Fsp3) is 0.824. The summed E-state index contributed by atoms with van der Waals surface area (Å²) in [4.78, 5) is 2.45. The topological polar surface area (TPSA) is 33.1 Å². The van der Waals surface area contributed by atoms with Crippen molar-refractivity contribution in [2.24, 2.45) is 0 Å². The summed E-state index contributed by atoms with van der Waals surface area (Å²) >= 11 is 0. The van der Waals surface area contributed by atoms with Crippen LogP contribution in [0.4, 0.5) is 0 Å². The predicted octanol–water partition coefficient (Wildman–Crippen LogP) is 3.21. The Kier molecular flexibility index (Phi) is 5.82. The average molecular weight is 292 g/mol. The minimum Gasteiger partial charge on any atom is -0.308 e. The zero-order chi connectivity index (χ0) is 15.3. The third kappa shape index (κ3) is 3.49. The molecule has 0 aliphatic heterocycles. The molecule has 1 N–H and O–H groups in total. The Morgan fingerprint density at radius 3 is 2.57 bits per heavy atom. The fourth-order valence-corrected chi connectivity index (χ4v) is 3.77. The molecule has 0 spiro atoms. The van der Waals surface area contributed by atoms with Crippen LogP contribution in [0.25, 0.3) is 0 Å². The van der Waals surface area contributed by atoms with E-state index in [9.17, 15) is 0 Å². The van der Waals surface area contributed by atoms with E-state index < -0.39 is 0 Å². The van der Waals surface area contributed by atoms with E-state index in [1.165, 1.54) is 37.7 Å². The summed E-state index contributed by atoms with van der Waals surface area (Å²) < 4.78 is 2.09. The number of aryl methyl sites for hydroxylation is 1. The molecule has 0 aromatic carbocycles. The quantitative estimate of drug-likeness (QED) is 0.798. The van der Waals surface area contributed by atoms with Gasteiger partial charge in [0.1, 0.15) is 0 Å². The van der Waals surface area contributed by atoms with Gasteiger partial charge in [0.05, 0.1) is 12.2 Å². The zero-order valence-corrected chi connectivity index (χ0v) is 14.2. The first kappa shape index (κ1) is 16.5. The lowest BCUT2D eigenvalue weighted by Gasteiger charge is -2.43. The summed E-state index contributed by atoms with van der Waals surface area (Å²) in [5.41, 5.74) is 1.60. The number of nitrogens with one attached hydrogen (secondary N) is 1. The highest BCUT2D eigenvalue weighted by Crippen LogP contribution is 2.43. The normalized spacial score (nSPS) is 19.3. The molecule has 1 heterocycles. The van der Waals surface area contributed by atoms with Crippen LogP contribution in [0.1, 0.15) is 64.0 Å². The van der Waals surface area contributed by atoms with Crippen molar-refractivity contribution in [1.82, 2.24) is 20.0 Å². The Hall–Kier alpha value is -0.870. The molecular weight excluding hydrogens is 260 g/mol. The number of likely N-dealkylation sites (N-methyl/N-ethyl adjacent to an activating group) is 1. The molecule has 1 atom stereocenters. The molecule has 4 nitrogen and oxygen atoms in total. The minimum atomic E-state index is 0.245. The molecule has 0 amide bonds. The maximum Gasteiger partial charge on any atom is 0.0538 e. The second-order valence-electron chi connectivity index (χ2n) is 6.63. The summed E-state index contributed by atoms with van der Waals surface area (Å²) in [6.07, 6.45) is 11.9. The number of hydrogen-bond acceptors (Lipinski definition) is 3. The average Bonchev–Trinajstić information content (AvgIpc) is 3.10. The van der Waals surface area contributed by atoms with E-state index in [0.717, 1.165) is 19.5 Å². The molecule has 0 radical (unpaired) electrons. The summed E-state index contributed by atoms with van der Waals surface area (Å²) in [6.45, 7) is 6.52. The van der Waals surface area contributed by atoms with Crippen molar-refractivity contribution >= 4 is 0 Å². The van der Waals surface area contributed by atoms with Crippen molar-refractivity contribution in [3.8, 4) is 0 Å². The predicted molar refractivity (Wildman–Crippen MR) is 88.4 cm³/mol. The fourth-order valence-electron chi connectivity index (χ4n) is 3.77. The van der Waals surface area contributed by atoms with Crippen molar-refractivity contribution in [2.75, 3.05) is 20.6 Å². The van der Waals surface area contributed by atoms with Crippen LogP contribution in [-0.4, -0.2) is 40.9 Å². The summed E-state index contributed by atoms with van der Waals surface area (Å²) in [5, 5.41) is 8.37. The van der Waals surface area contributed by atoms with E-state index in [1.54, 1.807) is 0 Å². The van der Waals surface area contributed by atoms with Gasteiger partial charge in [0.25, 0.3) is 0 Å². The van der Waals surface area contributed by atoms with E-state index in [0.29, 0.717) is 6.04 Å². The van der Waals surface area contributed by atoms with Gasteiger partial charge in [-0.1, -0.05) is 26.7 Å². The largest absolute Gasteiger partial charge is 0.308 e. The first-order valence-corrected chi connectivity index (χ1v) is 8.57. The molecule has 1 aliphatic rings. The Bertz CT molecular complexity index is 418. The van der Waals surface area contributed by atoms with Crippen molar-refractivity contribution in [2.45, 2.75) is 70.5 Å². The second-order valence-corrected chi connectivity index (χ2v) is 6.63. The molecule has 1 aromatic rings. The molecule has 120 valence electrons. The monoisotopic (exact) mass is 292 g/mol. The molecule has 0 bridgehead atoms. The molecule has 21 heavy (non-hydrogen) atoms. The number of rotatable bonds is 8. The van der Waals surface area contributed by atoms with E-state index in [4.69, 9.17) is 0 Å². The van der Waals surface area contributed by atoms with Crippen LogP contribution < -0.4 is 5.32 Å². The van der Waals surface area contributed by atoms with Crippen LogP contribution in [0, 0.1) is 0 Å². The Labute approximate surface area is 129 Å². The van der Waals surface area contributed by atoms with E-state index in [1.807, 2.05) is 0 Å². The summed E-state index contributed by atoms with van der Waals surface area (Å²) in [7, 11) is 4.48. The Balaban J connectivity index is 2.27. The first-order chi connectivity index (χ1) is 10.1. The Morgan fingerprint density at radius 2 is 2.00 bits per heavy atom. The van der Waals surface area contributed by atoms with Crippen molar-refractivity contribution in [1.29, 1.82) is 0 Å². The van der Waals surface area contributed by atoms with Crippen LogP contribution in [0.5, 0.6) is 0 Å². The zero-order valence-electron chi connectivity index (χ0n) is 14.2. The maximum atomic E-state index is 4.55. The lowest BCUT2D eigenvalue weighted by Crippen LogP contribution is -2.52. The lowest BCUT2D eigenvalue weighted by molar-refractivity contribution is 0.104. The molecule has 1 saturated carbocycles. The highest BCUT2D eigenvalue weighted by molar-refractivity contribution is 5.19. The van der Waals surface area contributed by atoms with Gasteiger partial charge < -0.3 is 10.2 Å². The summed E-state index contributed by atoms with van der Waals surface area (Å²) in [5.74, 6) is 0. The van der Waals surface area contributed by atoms with Crippen molar-refractivity contribution < 1.29 is 0 Å². The van der Waals surface area contributed by atoms with Crippen LogP contribution in [0.2, 0.25) is 0 Å². The van der Waals surface area contributed by atoms with Gasteiger partial charge in [0.15, 0.2) is 0 Å². The standard InChI is InChI=1S/C17H32N4/c1-5-11-18-16(15-13-19-21(14-15)12-6-2)17(20(3)4)9-7-8-10-17/h13-14,16,18H,5-12H2,1-4H3. The van der Waals surface area contributed by atoms with Gasteiger partial charge in [0.2, 0.25) is 0 Å². The Morgan fingerprint density at radius 1 is 1.29 bits per heavy atom. The van der Waals surface area contributed by atoms with E-state index >= 15 is 0 Å². The van der Waals surface area contributed by atoms with Gasteiger partial charge in [-0.2, -0.15) is 5.10 Å². The van der Waals surface area contributed by atoms with Crippen LogP contribution in [0.3, 0.4) is 0 Å². The molecule has 1 unspecified atom stereocenters. The molecule has 4 heteroatoms. The molecule has 1 aromatic heterocycles. The third-order valence-electron chi connectivity index (χ3n) is 4.94. The van der Waals surface area contributed by atoms with Crippen molar-refractivity contribution in [3.05, 3.63) is 18.0 Å². The molecule has 1 aliphatic carbocycles. The number of aromatic nitrogens is 2. The smallest absolute Gasteiger partial charge is 0.0538 e. The van der Waals surface area contributed by atoms with Crippen LogP contribution in [0.15, 0.2) is 12.4 Å². The molecule has 1 fully saturated rings. The first-order valence-electron chi connectivity index (χ1n) is 8.57. The van der Waals surface area contributed by atoms with Gasteiger partial charge in [-0.3, -0.25) is 4.68 Å². The number of hydrogen-bond donors (Lipinski definition) is 1. The lowest BCUT2D eigenvalue weighted by atomic mass is 9.83. The van der Waals surface area contributed by atoms with Crippen molar-refractivity contribution in [3.63, 3.8) is 0 Å². The molecule has 2 rings (SSSR count). The third-order valence-corrected chi connectivity index (χ3v) is 4.94. The van der Waals surface area contributed by atoms with E-state index in [-0.39, 0.29) is 5.54 Å². The van der Waals surface area contributed by atoms with Gasteiger partial charge in [-0.05, 0) is 46.3 Å². The van der Waals surface area contributed by atoms with Crippen LogP contribution >= 0.6 is 0 Å². The van der Waals surface area contributed by atoms with E-state index in [2.05, 4.69) is 60.3 Å². The number of nitrogens with zero attached hydrogens (tertiary/aromatic N) is 3. The maximum absolute atomic E-state index is 4.55. The second kappa shape index (κ2) is 7.41. The summed E-state index contributed by atoms with van der Waals surface area (Å²) in [6, 6.07) is 0.389.